The van der Waals surface area contributed by atoms with E-state index in [4.69, 9.17) is 0 Å². The van der Waals surface area contributed by atoms with E-state index in [1.54, 1.807) is 40.9 Å². The Kier molecular flexibility index (Phi) is 3.48. The van der Waals surface area contributed by atoms with Crippen LogP contribution in [0.3, 0.4) is 0 Å². The van der Waals surface area contributed by atoms with Gasteiger partial charge in [0, 0.05) is 25.4 Å². The topological polar surface area (TPSA) is 57.7 Å². The summed E-state index contributed by atoms with van der Waals surface area (Å²) in [6, 6.07) is 6.83. The number of carbonyl (C=O) groups excluding carboxylic acids is 3. The molecule has 104 valence electrons. The Morgan fingerprint density at radius 1 is 1.00 bits per heavy atom. The number of hydrogen-bond donors (Lipinski definition) is 0. The zero-order chi connectivity index (χ0) is 14.1. The van der Waals surface area contributed by atoms with Gasteiger partial charge < -0.3 is 4.90 Å². The molecule has 20 heavy (non-hydrogen) atoms. The van der Waals surface area contributed by atoms with E-state index in [2.05, 4.69) is 0 Å². The summed E-state index contributed by atoms with van der Waals surface area (Å²) < 4.78 is 0. The third-order valence-corrected chi connectivity index (χ3v) is 4.48. The molecule has 2 aliphatic heterocycles. The number of fused-ring (bicyclic) bond motifs is 1. The van der Waals surface area contributed by atoms with Crippen molar-refractivity contribution in [2.75, 3.05) is 31.1 Å². The minimum absolute atomic E-state index is 0.0814. The van der Waals surface area contributed by atoms with Crippen LogP contribution in [0.1, 0.15) is 20.7 Å². The van der Waals surface area contributed by atoms with E-state index in [0.717, 1.165) is 5.75 Å². The zero-order valence-corrected chi connectivity index (χ0v) is 11.7. The number of imide groups is 1. The molecule has 3 amide bonds. The number of amides is 3. The van der Waals surface area contributed by atoms with Crippen LogP contribution >= 0.6 is 11.8 Å². The molecule has 2 heterocycles. The standard InChI is InChI=1S/C14H14N2O3S/c17-12-9-20-8-7-15(12)5-6-16-13(18)10-3-1-2-4-11(10)14(16)19/h1-4H,5-9H2. The second-order valence-corrected chi connectivity index (χ2v) is 5.85. The maximum Gasteiger partial charge on any atom is 0.261 e. The van der Waals surface area contributed by atoms with Crippen LogP contribution in [-0.4, -0.2) is 58.7 Å². The molecule has 0 radical (unpaired) electrons. The van der Waals surface area contributed by atoms with Gasteiger partial charge in [0.25, 0.3) is 11.8 Å². The number of rotatable bonds is 3. The third-order valence-electron chi connectivity index (χ3n) is 3.56. The highest BCUT2D eigenvalue weighted by atomic mass is 32.2. The van der Waals surface area contributed by atoms with Gasteiger partial charge in [0.15, 0.2) is 0 Å². The maximum atomic E-state index is 12.2. The molecule has 6 heteroatoms. The molecule has 5 nitrogen and oxygen atoms in total. The minimum atomic E-state index is -0.260. The summed E-state index contributed by atoms with van der Waals surface area (Å²) in [6.07, 6.45) is 0. The SMILES string of the molecule is O=C1CSCCN1CCN1C(=O)c2ccccc2C1=O. The van der Waals surface area contributed by atoms with Crippen LogP contribution in [0, 0.1) is 0 Å². The van der Waals surface area contributed by atoms with E-state index in [1.807, 2.05) is 0 Å². The summed E-state index contributed by atoms with van der Waals surface area (Å²) in [5, 5.41) is 0. The van der Waals surface area contributed by atoms with E-state index >= 15 is 0 Å². The van der Waals surface area contributed by atoms with Crippen molar-refractivity contribution < 1.29 is 14.4 Å². The van der Waals surface area contributed by atoms with E-state index in [1.165, 1.54) is 4.90 Å². The van der Waals surface area contributed by atoms with E-state index in [0.29, 0.717) is 30.0 Å². The van der Waals surface area contributed by atoms with Crippen molar-refractivity contribution in [1.29, 1.82) is 0 Å². The molecule has 0 bridgehead atoms. The van der Waals surface area contributed by atoms with Crippen LogP contribution in [0.2, 0.25) is 0 Å². The fourth-order valence-electron chi connectivity index (χ4n) is 2.45. The Hall–Kier alpha value is -1.82. The van der Waals surface area contributed by atoms with Crippen LogP contribution in [0.5, 0.6) is 0 Å². The first-order chi connectivity index (χ1) is 9.68. The predicted octanol–water partition coefficient (Wildman–Crippen LogP) is 0.858. The summed E-state index contributed by atoms with van der Waals surface area (Å²) in [7, 11) is 0. The van der Waals surface area contributed by atoms with E-state index in [-0.39, 0.29) is 24.3 Å². The van der Waals surface area contributed by atoms with Crippen molar-refractivity contribution >= 4 is 29.5 Å². The van der Waals surface area contributed by atoms with Gasteiger partial charge >= 0.3 is 0 Å². The zero-order valence-electron chi connectivity index (χ0n) is 10.9. The Morgan fingerprint density at radius 2 is 1.65 bits per heavy atom. The third kappa shape index (κ3) is 2.20. The molecule has 0 N–H and O–H groups in total. The number of nitrogens with zero attached hydrogens (tertiary/aromatic N) is 2. The molecule has 1 fully saturated rings. The molecule has 2 aliphatic rings. The molecule has 0 spiro atoms. The number of carbonyl (C=O) groups is 3. The van der Waals surface area contributed by atoms with Gasteiger partial charge in [-0.1, -0.05) is 12.1 Å². The Morgan fingerprint density at radius 3 is 2.25 bits per heavy atom. The Labute approximate surface area is 120 Å². The Bertz CT molecular complexity index is 553. The molecule has 0 atom stereocenters. The van der Waals surface area contributed by atoms with Crippen LogP contribution in [-0.2, 0) is 4.79 Å². The lowest BCUT2D eigenvalue weighted by Crippen LogP contribution is -2.44. The molecule has 0 aromatic heterocycles. The summed E-state index contributed by atoms with van der Waals surface area (Å²) in [4.78, 5) is 39.0. The highest BCUT2D eigenvalue weighted by molar-refractivity contribution is 8.00. The fraction of sp³-hybridized carbons (Fsp3) is 0.357. The highest BCUT2D eigenvalue weighted by Crippen LogP contribution is 2.22. The quantitative estimate of drug-likeness (QED) is 0.775. The van der Waals surface area contributed by atoms with Crippen molar-refractivity contribution in [2.24, 2.45) is 0 Å². The minimum Gasteiger partial charge on any atom is -0.339 e. The normalized spacial score (nSPS) is 18.7. The van der Waals surface area contributed by atoms with Gasteiger partial charge in [-0.15, -0.1) is 0 Å². The lowest BCUT2D eigenvalue weighted by Gasteiger charge is -2.27. The second-order valence-electron chi connectivity index (χ2n) is 4.74. The van der Waals surface area contributed by atoms with Gasteiger partial charge in [-0.05, 0) is 12.1 Å². The number of thioether (sulfide) groups is 1. The maximum absolute atomic E-state index is 12.2. The fourth-order valence-corrected chi connectivity index (χ4v) is 3.30. The van der Waals surface area contributed by atoms with Crippen LogP contribution in [0.4, 0.5) is 0 Å². The summed E-state index contributed by atoms with van der Waals surface area (Å²) >= 11 is 1.62. The molecule has 3 rings (SSSR count). The number of benzene rings is 1. The lowest BCUT2D eigenvalue weighted by atomic mass is 10.1. The molecular weight excluding hydrogens is 276 g/mol. The molecule has 1 aromatic carbocycles. The van der Waals surface area contributed by atoms with Gasteiger partial charge in [-0.2, -0.15) is 11.8 Å². The smallest absolute Gasteiger partial charge is 0.261 e. The molecule has 0 aliphatic carbocycles. The van der Waals surface area contributed by atoms with Crippen molar-refractivity contribution in [1.82, 2.24) is 9.80 Å². The summed E-state index contributed by atoms with van der Waals surface area (Å²) in [5.41, 5.74) is 0.913. The number of hydrogen-bond acceptors (Lipinski definition) is 4. The summed E-state index contributed by atoms with van der Waals surface area (Å²) in [5.74, 6) is 0.961. The largest absolute Gasteiger partial charge is 0.339 e. The van der Waals surface area contributed by atoms with E-state index in [9.17, 15) is 14.4 Å². The van der Waals surface area contributed by atoms with Crippen molar-refractivity contribution in [2.45, 2.75) is 0 Å². The Balaban J connectivity index is 1.69. The van der Waals surface area contributed by atoms with Gasteiger partial charge in [0.1, 0.15) is 0 Å². The molecule has 1 saturated heterocycles. The average molecular weight is 290 g/mol. The first kappa shape index (κ1) is 13.2. The first-order valence-corrected chi connectivity index (χ1v) is 7.64. The second kappa shape index (κ2) is 5.28. The van der Waals surface area contributed by atoms with Crippen LogP contribution in [0.15, 0.2) is 24.3 Å². The highest BCUT2D eigenvalue weighted by Gasteiger charge is 2.35. The molecular formula is C14H14N2O3S. The molecule has 1 aromatic rings. The van der Waals surface area contributed by atoms with Crippen molar-refractivity contribution in [3.8, 4) is 0 Å². The van der Waals surface area contributed by atoms with Gasteiger partial charge in [-0.3, -0.25) is 19.3 Å². The monoisotopic (exact) mass is 290 g/mol. The predicted molar refractivity (Wildman–Crippen MR) is 75.7 cm³/mol. The van der Waals surface area contributed by atoms with Crippen LogP contribution in [0.25, 0.3) is 0 Å². The first-order valence-electron chi connectivity index (χ1n) is 6.49. The molecule has 0 unspecified atom stereocenters. The average Bonchev–Trinajstić information content (AvgIpc) is 2.71. The van der Waals surface area contributed by atoms with Gasteiger partial charge in [0.2, 0.25) is 5.91 Å². The van der Waals surface area contributed by atoms with Crippen molar-refractivity contribution in [3.05, 3.63) is 35.4 Å². The lowest BCUT2D eigenvalue weighted by molar-refractivity contribution is -0.128. The summed E-state index contributed by atoms with van der Waals surface area (Å²) in [6.45, 7) is 1.38. The van der Waals surface area contributed by atoms with Crippen molar-refractivity contribution in [3.63, 3.8) is 0 Å². The van der Waals surface area contributed by atoms with Gasteiger partial charge in [0.05, 0.1) is 16.9 Å². The van der Waals surface area contributed by atoms with Gasteiger partial charge in [-0.25, -0.2) is 0 Å². The van der Waals surface area contributed by atoms with E-state index < -0.39 is 0 Å². The van der Waals surface area contributed by atoms with Crippen LogP contribution < -0.4 is 0 Å². The molecule has 0 saturated carbocycles.